The summed E-state index contributed by atoms with van der Waals surface area (Å²) in [7, 11) is -7.72. The van der Waals surface area contributed by atoms with Crippen LogP contribution in [-0.2, 0) is 0 Å². The number of hydrogen-bond donors (Lipinski definition) is 0. The molecule has 0 radical (unpaired) electrons. The molecule has 12 heteroatoms. The van der Waals surface area contributed by atoms with Crippen molar-refractivity contribution in [1.29, 1.82) is 0 Å². The fraction of sp³-hybridized carbons (Fsp3) is 0.571. The van der Waals surface area contributed by atoms with Gasteiger partial charge >= 0.3 is 0 Å². The van der Waals surface area contributed by atoms with Crippen LogP contribution in [0.3, 0.4) is 0 Å². The first kappa shape index (κ1) is 73.5. The van der Waals surface area contributed by atoms with Crippen molar-refractivity contribution < 1.29 is 0 Å². The maximum Gasteiger partial charge on any atom is 0.146 e. The van der Waals surface area contributed by atoms with Gasteiger partial charge in [-0.1, -0.05) is 259 Å². The van der Waals surface area contributed by atoms with Gasteiger partial charge in [0.1, 0.15) is 32.3 Å². The van der Waals surface area contributed by atoms with Gasteiger partial charge in [-0.05, 0) is 141 Å². The van der Waals surface area contributed by atoms with Gasteiger partial charge in [-0.15, -0.1) is 69.2 Å². The monoisotopic (exact) mass is 1310 g/mol. The summed E-state index contributed by atoms with van der Waals surface area (Å²) < 4.78 is 8.57. The molecule has 0 unspecified atom stereocenters. The van der Waals surface area contributed by atoms with Crippen molar-refractivity contribution in [3.05, 3.63) is 94.2 Å². The highest BCUT2D eigenvalue weighted by atomic mass is 32.3. The number of unbranched alkanes of at least 4 members (excludes halogenated alkanes) is 4. The van der Waals surface area contributed by atoms with Gasteiger partial charge in [0, 0.05) is 22.3 Å². The van der Waals surface area contributed by atoms with Crippen LogP contribution in [0.15, 0.2) is 49.7 Å². The van der Waals surface area contributed by atoms with Crippen molar-refractivity contribution in [1.82, 2.24) is 0 Å². The third-order valence-electron chi connectivity index (χ3n) is 15.2. The van der Waals surface area contributed by atoms with Gasteiger partial charge in [-0.2, -0.15) is 0 Å². The lowest BCUT2D eigenvalue weighted by atomic mass is 9.95. The summed E-state index contributed by atoms with van der Waals surface area (Å²) in [6.07, 6.45) is 19.4. The predicted molar refractivity (Wildman–Crippen MR) is 408 cm³/mol. The molecule has 2 aliphatic heterocycles. The Labute approximate surface area is 543 Å². The zero-order chi connectivity index (χ0) is 61.0. The molecule has 448 valence electrons. The van der Waals surface area contributed by atoms with Crippen molar-refractivity contribution in [3.63, 3.8) is 0 Å². The Balaban J connectivity index is 2.16. The van der Waals surface area contributed by atoms with Crippen LogP contribution in [0.2, 0.25) is 72.5 Å². The Kier molecular flexibility index (Phi) is 31.6. The largest absolute Gasteiger partial charge is 0.146 e. The minimum absolute atomic E-state index is 0.520. The summed E-state index contributed by atoms with van der Waals surface area (Å²) in [4.78, 5) is 0. The van der Waals surface area contributed by atoms with Crippen LogP contribution < -0.4 is 0 Å². The van der Waals surface area contributed by atoms with E-state index in [1.165, 1.54) is 87.9 Å². The molecular formula is C70H104S8Si4. The van der Waals surface area contributed by atoms with Gasteiger partial charge in [0.25, 0.3) is 0 Å². The molecule has 0 bridgehead atoms. The third-order valence-corrected chi connectivity index (χ3v) is 40.6. The molecule has 0 aromatic heterocycles. The second kappa shape index (κ2) is 35.3. The molecule has 2 heterocycles. The molecule has 0 saturated carbocycles. The van der Waals surface area contributed by atoms with Crippen LogP contribution in [0.1, 0.15) is 207 Å². The van der Waals surface area contributed by atoms with Crippen LogP contribution >= 0.6 is 94.1 Å². The van der Waals surface area contributed by atoms with Crippen molar-refractivity contribution >= 4 is 151 Å². The molecule has 0 aliphatic carbocycles. The molecule has 0 fully saturated rings. The first-order valence-corrected chi connectivity index (χ1v) is 49.6. The Bertz CT molecular complexity index is 2800. The standard InChI is InChI=1S/C70H104S8Si4/c1-23-27-37-71-67-68(72-38-28-24-2)76-65(75-67)49-63-48-60(35-43-81(51(5)6,52(7)8)53(9)10)58(45-61(63)34-42-80(20,21)22)32-31-57-46-62(36-44-82(54(11)12,55(13)14)56(15)16)64(47-59(57)33-41-79(17,18)19)50-66-77-69(73-39-29-25-3)70(78-66)74-40-30-26-4/h31-32,45-56H,23-30,37-40H2,1-22H3/b32-31+. The second-order valence-electron chi connectivity index (χ2n) is 26.0. The maximum atomic E-state index is 4.18. The van der Waals surface area contributed by atoms with Gasteiger partial charge in [0.05, 0.1) is 25.4 Å². The minimum Gasteiger partial charge on any atom is -0.127 e. The molecule has 2 aliphatic rings. The SMILES string of the molecule is CCCCSC1=C(SCCCC)SC(=Cc2cc(C#C[Si](C)(C)C)c(/C=C/c3cc(C#C[Si](C)(C)C)c(C=C4SC(SCCCC)=C(SCCCC)S4)cc3C#C[Si](C(C)C)(C(C)C)C(C)C)cc2C#C[Si](C(C)C)(C(C)C)C(C)C)S1. The average Bonchev–Trinajstić information content (AvgIpc) is 4.11. The van der Waals surface area contributed by atoms with Crippen LogP contribution in [0.25, 0.3) is 24.3 Å². The Morgan fingerprint density at radius 1 is 0.366 bits per heavy atom. The Morgan fingerprint density at radius 3 is 0.829 bits per heavy atom. The van der Waals surface area contributed by atoms with E-state index in [0.717, 1.165) is 56.4 Å². The number of thioether (sulfide) groups is 8. The van der Waals surface area contributed by atoms with Gasteiger partial charge in [-0.25, -0.2) is 0 Å². The third kappa shape index (κ3) is 22.0. The number of benzene rings is 2. The molecule has 0 spiro atoms. The van der Waals surface area contributed by atoms with Gasteiger partial charge in [0.2, 0.25) is 0 Å². The van der Waals surface area contributed by atoms with E-state index in [9.17, 15) is 0 Å². The summed E-state index contributed by atoms with van der Waals surface area (Å²) in [5.74, 6) is 20.3. The van der Waals surface area contributed by atoms with Gasteiger partial charge < -0.3 is 0 Å². The first-order chi connectivity index (χ1) is 38.7. The van der Waals surface area contributed by atoms with Crippen molar-refractivity contribution in [2.75, 3.05) is 23.0 Å². The fourth-order valence-electron chi connectivity index (χ4n) is 10.7. The maximum absolute atomic E-state index is 4.18. The van der Waals surface area contributed by atoms with Crippen LogP contribution in [0.5, 0.6) is 0 Å². The molecule has 0 N–H and O–H groups in total. The lowest BCUT2D eigenvalue weighted by molar-refractivity contribution is 0.838. The summed E-state index contributed by atoms with van der Waals surface area (Å²) in [5.41, 5.74) is 28.0. The fourth-order valence-corrected chi connectivity index (χ4v) is 34.3. The summed E-state index contributed by atoms with van der Waals surface area (Å²) in [6.45, 7) is 52.5. The van der Waals surface area contributed by atoms with Crippen LogP contribution in [0, 0.1) is 45.9 Å². The quantitative estimate of drug-likeness (QED) is 0.0391. The molecule has 0 amide bonds. The Morgan fingerprint density at radius 2 is 0.598 bits per heavy atom. The lowest BCUT2D eigenvalue weighted by Gasteiger charge is -2.38. The number of hydrogen-bond acceptors (Lipinski definition) is 8. The molecule has 0 saturated heterocycles. The van der Waals surface area contributed by atoms with E-state index >= 15 is 0 Å². The molecule has 2 aromatic rings. The summed E-state index contributed by atoms with van der Waals surface area (Å²) in [5, 5.41) is 0. The highest BCUT2D eigenvalue weighted by Crippen LogP contribution is 2.59. The van der Waals surface area contributed by atoms with Gasteiger partial charge in [0.15, 0.2) is 0 Å². The smallest absolute Gasteiger partial charge is 0.127 e. The van der Waals surface area contributed by atoms with E-state index in [1.807, 2.05) is 47.0 Å². The molecular weight excluding hydrogens is 1210 g/mol. The van der Waals surface area contributed by atoms with Crippen molar-refractivity contribution in [3.8, 4) is 45.9 Å². The lowest BCUT2D eigenvalue weighted by Crippen LogP contribution is -2.43. The second-order valence-corrected chi connectivity index (χ2v) is 56.8. The van der Waals surface area contributed by atoms with E-state index in [-0.39, 0.29) is 0 Å². The number of rotatable bonds is 26. The molecule has 4 rings (SSSR count). The van der Waals surface area contributed by atoms with E-state index in [0.29, 0.717) is 33.2 Å². The topological polar surface area (TPSA) is 0 Å². The van der Waals surface area contributed by atoms with E-state index in [2.05, 4.69) is 292 Å². The van der Waals surface area contributed by atoms with Crippen molar-refractivity contribution in [2.24, 2.45) is 0 Å². The zero-order valence-corrected chi connectivity index (χ0v) is 65.4. The van der Waals surface area contributed by atoms with Crippen LogP contribution in [0.4, 0.5) is 0 Å². The van der Waals surface area contributed by atoms with Gasteiger partial charge in [-0.3, -0.25) is 0 Å². The summed E-state index contributed by atoms with van der Waals surface area (Å²) in [6, 6.07) is 9.57. The summed E-state index contributed by atoms with van der Waals surface area (Å²) >= 11 is 16.1. The minimum atomic E-state index is -2.10. The zero-order valence-electron chi connectivity index (χ0n) is 54.8. The average molecular weight is 1310 g/mol. The van der Waals surface area contributed by atoms with Crippen molar-refractivity contribution in [2.45, 2.75) is 235 Å². The molecule has 0 atom stereocenters. The Hall–Kier alpha value is -0.952. The van der Waals surface area contributed by atoms with E-state index < -0.39 is 32.3 Å². The predicted octanol–water partition coefficient (Wildman–Crippen LogP) is 25.4. The highest BCUT2D eigenvalue weighted by molar-refractivity contribution is 8.41. The molecule has 0 nitrogen and oxygen atoms in total. The van der Waals surface area contributed by atoms with Crippen LogP contribution in [-0.4, -0.2) is 55.3 Å². The molecule has 82 heavy (non-hydrogen) atoms. The van der Waals surface area contributed by atoms with E-state index in [1.54, 1.807) is 0 Å². The van der Waals surface area contributed by atoms with E-state index in [4.69, 9.17) is 0 Å². The first-order valence-electron chi connectivity index (χ1n) is 31.0. The molecule has 2 aromatic carbocycles. The highest BCUT2D eigenvalue weighted by Gasteiger charge is 2.43. The normalized spacial score (nSPS) is 14.4.